The molecule has 2 aliphatic rings. The van der Waals surface area contributed by atoms with Crippen molar-refractivity contribution in [3.63, 3.8) is 0 Å². The third-order valence-corrected chi connectivity index (χ3v) is 4.53. The highest BCUT2D eigenvalue weighted by Crippen LogP contribution is 2.37. The highest BCUT2D eigenvalue weighted by atomic mass is 16.1. The monoisotopic (exact) mass is 259 g/mol. The van der Waals surface area contributed by atoms with Gasteiger partial charge >= 0.3 is 0 Å². The van der Waals surface area contributed by atoms with Gasteiger partial charge in [-0.05, 0) is 25.2 Å². The molecule has 1 saturated heterocycles. The first kappa shape index (κ1) is 11.2. The van der Waals surface area contributed by atoms with Gasteiger partial charge in [0.1, 0.15) is 11.2 Å². The Morgan fingerprint density at radius 3 is 3.11 bits per heavy atom. The van der Waals surface area contributed by atoms with Crippen molar-refractivity contribution in [1.29, 1.82) is 0 Å². The summed E-state index contributed by atoms with van der Waals surface area (Å²) in [7, 11) is 1.82. The zero-order chi connectivity index (χ0) is 13.0. The fourth-order valence-electron chi connectivity index (χ4n) is 3.57. The molecule has 0 amide bonds. The van der Waals surface area contributed by atoms with Crippen LogP contribution < -0.4 is 5.56 Å². The first-order chi connectivity index (χ1) is 9.20. The molecule has 2 fully saturated rings. The van der Waals surface area contributed by atoms with Gasteiger partial charge in [-0.3, -0.25) is 14.4 Å². The van der Waals surface area contributed by atoms with Crippen LogP contribution in [0.25, 0.3) is 11.0 Å². The number of piperidine rings is 1. The van der Waals surface area contributed by atoms with Crippen LogP contribution in [-0.2, 0) is 13.6 Å². The van der Waals surface area contributed by atoms with Gasteiger partial charge in [0.15, 0.2) is 5.65 Å². The van der Waals surface area contributed by atoms with Crippen molar-refractivity contribution in [3.8, 4) is 0 Å². The fourth-order valence-corrected chi connectivity index (χ4v) is 3.57. The van der Waals surface area contributed by atoms with Crippen molar-refractivity contribution in [2.75, 3.05) is 6.54 Å². The first-order valence-corrected chi connectivity index (χ1v) is 6.85. The molecule has 2 bridgehead atoms. The molecule has 2 aromatic heterocycles. The van der Waals surface area contributed by atoms with Crippen LogP contribution in [0.2, 0.25) is 0 Å². The van der Waals surface area contributed by atoms with Crippen LogP contribution in [0.4, 0.5) is 0 Å². The normalized spacial score (nSPS) is 26.6. The van der Waals surface area contributed by atoms with Crippen LogP contribution in [0.5, 0.6) is 0 Å². The quantitative estimate of drug-likeness (QED) is 0.859. The minimum absolute atomic E-state index is 0.0857. The summed E-state index contributed by atoms with van der Waals surface area (Å²) in [6, 6.07) is 0.692. The molecule has 2 atom stereocenters. The Morgan fingerprint density at radius 1 is 1.47 bits per heavy atom. The van der Waals surface area contributed by atoms with Gasteiger partial charge < -0.3 is 4.98 Å². The molecule has 3 heterocycles. The summed E-state index contributed by atoms with van der Waals surface area (Å²) < 4.78 is 1.66. The van der Waals surface area contributed by atoms with E-state index in [1.54, 1.807) is 10.9 Å². The van der Waals surface area contributed by atoms with Gasteiger partial charge in [0, 0.05) is 19.6 Å². The molecule has 0 aromatic carbocycles. The predicted octanol–water partition coefficient (Wildman–Crippen LogP) is 0.641. The van der Waals surface area contributed by atoms with Gasteiger partial charge in [-0.25, -0.2) is 4.98 Å². The number of likely N-dealkylation sites (tertiary alicyclic amines) is 1. The number of aromatic amines is 1. The van der Waals surface area contributed by atoms with E-state index >= 15 is 0 Å². The molecule has 2 aromatic rings. The molecule has 19 heavy (non-hydrogen) atoms. The lowest BCUT2D eigenvalue weighted by Crippen LogP contribution is -2.32. The number of hydrogen-bond donors (Lipinski definition) is 1. The lowest BCUT2D eigenvalue weighted by atomic mass is 10.1. The standard InChI is InChI=1S/C13H17N5O/c1-17-12-10(5-14-17)13(19)16-11(15-12)7-18-6-8-2-3-9(18)4-8/h5,8-9H,2-4,6-7H2,1H3,(H,15,16,19)/t8-,9-/m0/s1. The molecule has 0 spiro atoms. The molecule has 0 unspecified atom stereocenters. The average molecular weight is 259 g/mol. The Bertz CT molecular complexity index is 688. The summed E-state index contributed by atoms with van der Waals surface area (Å²) in [6.07, 6.45) is 5.55. The number of rotatable bonds is 2. The molecule has 0 radical (unpaired) electrons. The minimum Gasteiger partial charge on any atom is -0.309 e. The maximum Gasteiger partial charge on any atom is 0.262 e. The van der Waals surface area contributed by atoms with Crippen LogP contribution in [0, 0.1) is 5.92 Å². The van der Waals surface area contributed by atoms with E-state index in [2.05, 4.69) is 20.0 Å². The third-order valence-electron chi connectivity index (χ3n) is 4.53. The number of nitrogens with zero attached hydrogens (tertiary/aromatic N) is 4. The first-order valence-electron chi connectivity index (χ1n) is 6.85. The number of hydrogen-bond acceptors (Lipinski definition) is 4. The second-order valence-corrected chi connectivity index (χ2v) is 5.78. The molecule has 100 valence electrons. The van der Waals surface area contributed by atoms with E-state index < -0.39 is 0 Å². The number of aromatic nitrogens is 4. The van der Waals surface area contributed by atoms with Gasteiger partial charge in [0.05, 0.1) is 12.7 Å². The highest BCUT2D eigenvalue weighted by Gasteiger charge is 2.37. The lowest BCUT2D eigenvalue weighted by molar-refractivity contribution is 0.200. The van der Waals surface area contributed by atoms with Crippen LogP contribution >= 0.6 is 0 Å². The Hall–Kier alpha value is -1.69. The van der Waals surface area contributed by atoms with Gasteiger partial charge in [0.25, 0.3) is 5.56 Å². The van der Waals surface area contributed by atoms with Gasteiger partial charge in [-0.15, -0.1) is 0 Å². The molecule has 6 heteroatoms. The van der Waals surface area contributed by atoms with E-state index in [0.29, 0.717) is 17.1 Å². The van der Waals surface area contributed by atoms with Gasteiger partial charge in [-0.1, -0.05) is 0 Å². The van der Waals surface area contributed by atoms with E-state index in [4.69, 9.17) is 0 Å². The average Bonchev–Trinajstić information content (AvgIpc) is 3.06. The van der Waals surface area contributed by atoms with Gasteiger partial charge in [0.2, 0.25) is 0 Å². The molecule has 1 saturated carbocycles. The summed E-state index contributed by atoms with van der Waals surface area (Å²) in [4.78, 5) is 21.9. The largest absolute Gasteiger partial charge is 0.309 e. The number of fused-ring (bicyclic) bond motifs is 3. The van der Waals surface area contributed by atoms with Crippen LogP contribution in [0.3, 0.4) is 0 Å². The second-order valence-electron chi connectivity index (χ2n) is 5.78. The zero-order valence-electron chi connectivity index (χ0n) is 11.0. The predicted molar refractivity (Wildman–Crippen MR) is 70.7 cm³/mol. The van der Waals surface area contributed by atoms with E-state index in [1.807, 2.05) is 7.05 Å². The summed E-state index contributed by atoms with van der Waals surface area (Å²) in [5.74, 6) is 1.62. The van der Waals surface area contributed by atoms with E-state index in [9.17, 15) is 4.79 Å². The lowest BCUT2D eigenvalue weighted by Gasteiger charge is -2.25. The SMILES string of the molecule is Cn1ncc2c(=O)[nH]c(CN3C[C@H]4CC[C@H]3C4)nc21. The summed E-state index contributed by atoms with van der Waals surface area (Å²) in [5.41, 5.74) is 0.584. The van der Waals surface area contributed by atoms with Crippen LogP contribution in [-0.4, -0.2) is 37.2 Å². The van der Waals surface area contributed by atoms with Crippen molar-refractivity contribution in [2.24, 2.45) is 13.0 Å². The summed E-state index contributed by atoms with van der Waals surface area (Å²) in [5, 5.41) is 4.65. The van der Waals surface area contributed by atoms with Crippen molar-refractivity contribution in [3.05, 3.63) is 22.4 Å². The minimum atomic E-state index is -0.0857. The van der Waals surface area contributed by atoms with E-state index in [0.717, 1.165) is 24.8 Å². The Morgan fingerprint density at radius 2 is 2.37 bits per heavy atom. The molecule has 1 aliphatic heterocycles. The smallest absolute Gasteiger partial charge is 0.262 e. The summed E-state index contributed by atoms with van der Waals surface area (Å²) >= 11 is 0. The molecule has 6 nitrogen and oxygen atoms in total. The second kappa shape index (κ2) is 3.90. The number of nitrogens with one attached hydrogen (secondary N) is 1. The highest BCUT2D eigenvalue weighted by molar-refractivity contribution is 5.72. The number of H-pyrrole nitrogens is 1. The molecule has 4 rings (SSSR count). The van der Waals surface area contributed by atoms with E-state index in [1.165, 1.54) is 19.3 Å². The molecular formula is C13H17N5O. The van der Waals surface area contributed by atoms with Gasteiger partial charge in [-0.2, -0.15) is 5.10 Å². The maximum absolute atomic E-state index is 12.0. The maximum atomic E-state index is 12.0. The molecular weight excluding hydrogens is 242 g/mol. The summed E-state index contributed by atoms with van der Waals surface area (Å²) in [6.45, 7) is 1.90. The Labute approximate surface area is 110 Å². The van der Waals surface area contributed by atoms with Crippen molar-refractivity contribution >= 4 is 11.0 Å². The molecule has 1 aliphatic carbocycles. The Balaban J connectivity index is 1.68. The fraction of sp³-hybridized carbons (Fsp3) is 0.615. The number of aryl methyl sites for hydroxylation is 1. The van der Waals surface area contributed by atoms with Crippen LogP contribution in [0.15, 0.2) is 11.0 Å². The van der Waals surface area contributed by atoms with Crippen molar-refractivity contribution in [1.82, 2.24) is 24.6 Å². The van der Waals surface area contributed by atoms with E-state index in [-0.39, 0.29) is 5.56 Å². The van der Waals surface area contributed by atoms with Crippen LogP contribution in [0.1, 0.15) is 25.1 Å². The van der Waals surface area contributed by atoms with Crippen molar-refractivity contribution in [2.45, 2.75) is 31.8 Å². The topological polar surface area (TPSA) is 66.8 Å². The van der Waals surface area contributed by atoms with Crippen molar-refractivity contribution < 1.29 is 0 Å². The molecule has 1 N–H and O–H groups in total. The Kier molecular flexibility index (Phi) is 2.29. The third kappa shape index (κ3) is 1.70. The zero-order valence-corrected chi connectivity index (χ0v) is 11.0.